The summed E-state index contributed by atoms with van der Waals surface area (Å²) in [7, 11) is 0. The summed E-state index contributed by atoms with van der Waals surface area (Å²) >= 11 is 0. The van der Waals surface area contributed by atoms with Crippen LogP contribution in [-0.2, 0) is 15.1 Å². The first-order chi connectivity index (χ1) is 15.1. The quantitative estimate of drug-likeness (QED) is 0.481. The highest BCUT2D eigenvalue weighted by Crippen LogP contribution is 2.44. The van der Waals surface area contributed by atoms with Crippen LogP contribution in [0.5, 0.6) is 0 Å². The number of rotatable bonds is 5. The molecule has 0 radical (unpaired) electrons. The molecule has 31 heavy (non-hydrogen) atoms. The van der Waals surface area contributed by atoms with E-state index < -0.39 is 11.6 Å². The van der Waals surface area contributed by atoms with E-state index in [1.807, 2.05) is 54.6 Å². The minimum absolute atomic E-state index is 0.0741. The van der Waals surface area contributed by atoms with Crippen LogP contribution in [0.1, 0.15) is 22.6 Å². The molecule has 0 heterocycles. The van der Waals surface area contributed by atoms with Gasteiger partial charge >= 0.3 is 5.97 Å². The van der Waals surface area contributed by atoms with Crippen molar-refractivity contribution in [2.75, 3.05) is 13.2 Å². The summed E-state index contributed by atoms with van der Waals surface area (Å²) in [5.41, 5.74) is 8.96. The first kappa shape index (κ1) is 19.5. The molecule has 5 rings (SSSR count). The van der Waals surface area contributed by atoms with E-state index in [0.717, 1.165) is 33.0 Å². The predicted molar refractivity (Wildman–Crippen MR) is 122 cm³/mol. The molecular formula is C27H23NO3. The fourth-order valence-corrected chi connectivity index (χ4v) is 4.48. The highest BCUT2D eigenvalue weighted by atomic mass is 16.5. The van der Waals surface area contributed by atoms with Crippen molar-refractivity contribution >= 4 is 16.7 Å². The van der Waals surface area contributed by atoms with Gasteiger partial charge in [-0.2, -0.15) is 0 Å². The van der Waals surface area contributed by atoms with Crippen molar-refractivity contribution in [1.29, 1.82) is 0 Å². The number of hydrogen-bond donors (Lipinski definition) is 2. The van der Waals surface area contributed by atoms with Crippen LogP contribution in [0.3, 0.4) is 0 Å². The van der Waals surface area contributed by atoms with E-state index in [0.29, 0.717) is 5.56 Å². The molecule has 3 N–H and O–H groups in total. The number of benzene rings is 4. The molecule has 0 aliphatic heterocycles. The van der Waals surface area contributed by atoms with Gasteiger partial charge < -0.3 is 15.6 Å². The summed E-state index contributed by atoms with van der Waals surface area (Å²) in [6.45, 7) is -0.120. The number of aliphatic hydroxyl groups is 1. The molecule has 4 aromatic carbocycles. The molecule has 0 saturated heterocycles. The van der Waals surface area contributed by atoms with Gasteiger partial charge in [-0.25, -0.2) is 4.79 Å². The van der Waals surface area contributed by atoms with Crippen molar-refractivity contribution in [2.24, 2.45) is 5.73 Å². The molecule has 0 saturated carbocycles. The Balaban J connectivity index is 1.42. The van der Waals surface area contributed by atoms with Crippen molar-refractivity contribution in [1.82, 2.24) is 0 Å². The van der Waals surface area contributed by atoms with Gasteiger partial charge in [-0.05, 0) is 44.7 Å². The van der Waals surface area contributed by atoms with Gasteiger partial charge in [0.25, 0.3) is 0 Å². The molecule has 0 aromatic heterocycles. The Kier molecular flexibility index (Phi) is 4.81. The number of hydrogen-bond acceptors (Lipinski definition) is 4. The Morgan fingerprint density at radius 1 is 0.839 bits per heavy atom. The smallest absolute Gasteiger partial charge is 0.344 e. The molecule has 1 aliphatic carbocycles. The summed E-state index contributed by atoms with van der Waals surface area (Å²) < 4.78 is 5.69. The number of ether oxygens (including phenoxy) is 1. The van der Waals surface area contributed by atoms with Crippen LogP contribution in [0.2, 0.25) is 0 Å². The van der Waals surface area contributed by atoms with E-state index in [2.05, 4.69) is 24.3 Å². The van der Waals surface area contributed by atoms with Crippen molar-refractivity contribution in [3.63, 3.8) is 0 Å². The largest absolute Gasteiger partial charge is 0.462 e. The summed E-state index contributed by atoms with van der Waals surface area (Å²) in [6.07, 6.45) is 0. The monoisotopic (exact) mass is 409 g/mol. The Morgan fingerprint density at radius 2 is 1.42 bits per heavy atom. The fraction of sp³-hybridized carbons (Fsp3) is 0.148. The summed E-state index contributed by atoms with van der Waals surface area (Å²) in [6, 6.07) is 29.5. The lowest BCUT2D eigenvalue weighted by Crippen LogP contribution is -2.44. The molecule has 0 amide bonds. The van der Waals surface area contributed by atoms with E-state index >= 15 is 0 Å². The number of carbonyl (C=O) groups is 1. The van der Waals surface area contributed by atoms with Crippen LogP contribution in [0, 0.1) is 0 Å². The van der Waals surface area contributed by atoms with Gasteiger partial charge in [-0.3, -0.25) is 0 Å². The lowest BCUT2D eigenvalue weighted by atomic mass is 9.91. The molecule has 4 heteroatoms. The van der Waals surface area contributed by atoms with Gasteiger partial charge in [0.15, 0.2) is 5.60 Å². The maximum Gasteiger partial charge on any atom is 0.344 e. The van der Waals surface area contributed by atoms with Crippen LogP contribution < -0.4 is 5.73 Å². The van der Waals surface area contributed by atoms with Crippen molar-refractivity contribution in [2.45, 2.75) is 11.5 Å². The van der Waals surface area contributed by atoms with Crippen molar-refractivity contribution < 1.29 is 14.6 Å². The van der Waals surface area contributed by atoms with Crippen molar-refractivity contribution in [3.05, 3.63) is 108 Å². The normalized spacial score (nSPS) is 14.6. The zero-order valence-electron chi connectivity index (χ0n) is 17.0. The van der Waals surface area contributed by atoms with E-state index in [4.69, 9.17) is 10.5 Å². The zero-order chi connectivity index (χ0) is 21.4. The van der Waals surface area contributed by atoms with Crippen LogP contribution >= 0.6 is 0 Å². The van der Waals surface area contributed by atoms with Crippen LogP contribution in [-0.4, -0.2) is 24.2 Å². The molecule has 1 atom stereocenters. The lowest BCUT2D eigenvalue weighted by molar-refractivity contribution is -0.166. The maximum atomic E-state index is 13.1. The Hall–Kier alpha value is -3.47. The number of carbonyl (C=O) groups excluding carboxylic acids is 1. The molecule has 154 valence electrons. The van der Waals surface area contributed by atoms with Crippen molar-refractivity contribution in [3.8, 4) is 11.1 Å². The second-order valence-corrected chi connectivity index (χ2v) is 7.95. The van der Waals surface area contributed by atoms with Gasteiger partial charge in [-0.1, -0.05) is 84.9 Å². The van der Waals surface area contributed by atoms with Crippen LogP contribution in [0.4, 0.5) is 0 Å². The molecule has 0 bridgehead atoms. The standard InChI is InChI=1S/C27H23NO3/c28-17-27(30,20-14-13-18-7-1-2-8-19(18)15-20)26(29)31-16-25-23-11-5-3-9-21(23)22-10-4-6-12-24(22)25/h1-15,25,30H,16-17,28H2. The number of nitrogens with two attached hydrogens (primary N) is 1. The summed E-state index contributed by atoms with van der Waals surface area (Å²) in [5.74, 6) is -0.804. The third kappa shape index (κ3) is 3.21. The SMILES string of the molecule is NCC(O)(C(=O)OCC1c2ccccc2-c2ccccc21)c1ccc2ccccc2c1. The Bertz CT molecular complexity index is 1240. The average Bonchev–Trinajstić information content (AvgIpc) is 3.15. The third-order valence-corrected chi connectivity index (χ3v) is 6.20. The van der Waals surface area contributed by atoms with Gasteiger partial charge in [0.2, 0.25) is 0 Å². The summed E-state index contributed by atoms with van der Waals surface area (Å²) in [4.78, 5) is 13.1. The molecule has 0 fully saturated rings. The molecule has 1 aliphatic rings. The first-order valence-corrected chi connectivity index (χ1v) is 10.4. The van der Waals surface area contributed by atoms with E-state index in [1.165, 1.54) is 0 Å². The summed E-state index contributed by atoms with van der Waals surface area (Å²) in [5, 5.41) is 13.1. The number of fused-ring (bicyclic) bond motifs is 4. The highest BCUT2D eigenvalue weighted by Gasteiger charge is 2.40. The van der Waals surface area contributed by atoms with E-state index in [-0.39, 0.29) is 19.1 Å². The molecule has 4 aromatic rings. The molecule has 0 spiro atoms. The zero-order valence-corrected chi connectivity index (χ0v) is 17.0. The van der Waals surface area contributed by atoms with Crippen LogP contribution in [0.15, 0.2) is 91.0 Å². The Labute approximate surface area is 180 Å². The Morgan fingerprint density at radius 3 is 2.06 bits per heavy atom. The minimum Gasteiger partial charge on any atom is -0.462 e. The van der Waals surface area contributed by atoms with E-state index in [9.17, 15) is 9.90 Å². The maximum absolute atomic E-state index is 13.1. The van der Waals surface area contributed by atoms with Gasteiger partial charge in [0.05, 0.1) is 0 Å². The van der Waals surface area contributed by atoms with E-state index in [1.54, 1.807) is 12.1 Å². The molecule has 1 unspecified atom stereocenters. The van der Waals surface area contributed by atoms with Gasteiger partial charge in [0.1, 0.15) is 6.61 Å². The first-order valence-electron chi connectivity index (χ1n) is 10.4. The minimum atomic E-state index is -1.90. The van der Waals surface area contributed by atoms with Gasteiger partial charge in [-0.15, -0.1) is 0 Å². The van der Waals surface area contributed by atoms with Crippen LogP contribution in [0.25, 0.3) is 21.9 Å². The average molecular weight is 409 g/mol. The topological polar surface area (TPSA) is 72.5 Å². The second kappa shape index (κ2) is 7.65. The lowest BCUT2D eigenvalue weighted by Gasteiger charge is -2.26. The van der Waals surface area contributed by atoms with Gasteiger partial charge in [0, 0.05) is 12.5 Å². The second-order valence-electron chi connectivity index (χ2n) is 7.95. The highest BCUT2D eigenvalue weighted by molar-refractivity contribution is 5.87. The number of esters is 1. The molecular weight excluding hydrogens is 386 g/mol. The molecule has 4 nitrogen and oxygen atoms in total. The fourth-order valence-electron chi connectivity index (χ4n) is 4.48. The third-order valence-electron chi connectivity index (χ3n) is 6.20. The predicted octanol–water partition coefficient (Wildman–Crippen LogP) is 4.34.